The van der Waals surface area contributed by atoms with Crippen LogP contribution in [0, 0.1) is 22.7 Å². The Hall–Kier alpha value is -0.435. The largest absolute Gasteiger partial charge is 0.430 e. The third-order valence-electron chi connectivity index (χ3n) is 8.02. The van der Waals surface area contributed by atoms with Gasteiger partial charge in [0.2, 0.25) is 0 Å². The summed E-state index contributed by atoms with van der Waals surface area (Å²) in [5, 5.41) is 0. The van der Waals surface area contributed by atoms with Gasteiger partial charge in [-0.15, -0.1) is 0 Å². The smallest absolute Gasteiger partial charge is 0.316 e. The van der Waals surface area contributed by atoms with Gasteiger partial charge in [-0.3, -0.25) is 0 Å². The van der Waals surface area contributed by atoms with Crippen molar-refractivity contribution in [2.75, 3.05) is 6.54 Å². The molecule has 0 radical (unpaired) electrons. The predicted octanol–water partition coefficient (Wildman–Crippen LogP) is 4.38. The summed E-state index contributed by atoms with van der Waals surface area (Å²) in [6, 6.07) is 0. The Morgan fingerprint density at radius 2 is 2.09 bits per heavy atom. The normalized spacial score (nSPS) is 45.6. The molecule has 2 nitrogen and oxygen atoms in total. The lowest BCUT2D eigenvalue weighted by Gasteiger charge is -2.65. The van der Waals surface area contributed by atoms with Gasteiger partial charge in [0.25, 0.3) is 0 Å². The first kappa shape index (κ1) is 15.1. The number of rotatable bonds is 3. The van der Waals surface area contributed by atoms with E-state index in [9.17, 15) is 0 Å². The average molecular weight is 301 g/mol. The van der Waals surface area contributed by atoms with Crippen LogP contribution in [0.4, 0.5) is 0 Å². The van der Waals surface area contributed by atoms with Gasteiger partial charge in [-0.25, -0.2) is 0 Å². The molecule has 2 bridgehead atoms. The number of allylic oxidation sites excluding steroid dienone is 1. The van der Waals surface area contributed by atoms with Crippen LogP contribution in [-0.2, 0) is 4.65 Å². The van der Waals surface area contributed by atoms with Crippen molar-refractivity contribution in [1.82, 2.24) is 4.90 Å². The van der Waals surface area contributed by atoms with E-state index in [0.29, 0.717) is 29.8 Å². The molecule has 2 heterocycles. The van der Waals surface area contributed by atoms with Crippen LogP contribution in [-0.4, -0.2) is 30.4 Å². The van der Waals surface area contributed by atoms with E-state index in [1.165, 1.54) is 44.2 Å². The van der Waals surface area contributed by atoms with Crippen molar-refractivity contribution >= 4 is 6.92 Å². The summed E-state index contributed by atoms with van der Waals surface area (Å²) in [5.41, 5.74) is 2.28. The first-order chi connectivity index (χ1) is 10.4. The van der Waals surface area contributed by atoms with E-state index in [-0.39, 0.29) is 0 Å². The van der Waals surface area contributed by atoms with Gasteiger partial charge < -0.3 is 9.55 Å². The zero-order valence-corrected chi connectivity index (χ0v) is 14.9. The lowest BCUT2D eigenvalue weighted by atomic mass is 9.37. The van der Waals surface area contributed by atoms with E-state index >= 15 is 0 Å². The minimum Gasteiger partial charge on any atom is -0.430 e. The summed E-state index contributed by atoms with van der Waals surface area (Å²) < 4.78 is 6.69. The quantitative estimate of drug-likeness (QED) is 0.717. The highest BCUT2D eigenvalue weighted by Crippen LogP contribution is 2.69. The molecule has 3 saturated carbocycles. The number of hydrogen-bond acceptors (Lipinski definition) is 2. The van der Waals surface area contributed by atoms with Crippen molar-refractivity contribution in [2.45, 2.75) is 78.2 Å². The van der Waals surface area contributed by atoms with Crippen LogP contribution in [0.1, 0.15) is 59.8 Å². The van der Waals surface area contributed by atoms with Crippen LogP contribution in [0.15, 0.2) is 12.3 Å². The van der Waals surface area contributed by atoms with E-state index in [2.05, 4.69) is 39.2 Å². The SMILES string of the molecule is C=C(CC)N1CCCC1B1CC2(C)C(CC3CC2C3(C)C)O1. The Balaban J connectivity index is 1.54. The zero-order valence-electron chi connectivity index (χ0n) is 14.9. The van der Waals surface area contributed by atoms with Gasteiger partial charge in [0.05, 0.1) is 0 Å². The van der Waals surface area contributed by atoms with Crippen molar-refractivity contribution in [3.63, 3.8) is 0 Å². The van der Waals surface area contributed by atoms with Crippen molar-refractivity contribution in [1.29, 1.82) is 0 Å². The van der Waals surface area contributed by atoms with Gasteiger partial charge >= 0.3 is 6.92 Å². The first-order valence-corrected chi connectivity index (χ1v) is 9.47. The molecule has 22 heavy (non-hydrogen) atoms. The second-order valence-corrected chi connectivity index (χ2v) is 9.24. The second kappa shape index (κ2) is 4.78. The Kier molecular flexibility index (Phi) is 3.29. The van der Waals surface area contributed by atoms with Crippen LogP contribution >= 0.6 is 0 Å². The standard InChI is InChI=1S/C19H32BNO/c1-6-13(2)21-9-7-8-17(21)20-12-19(5)15-10-14(18(15,3)4)11-16(19)22-20/h14-17H,2,6-12H2,1,3-5H3. The minimum absolute atomic E-state index is 0.421. The Morgan fingerprint density at radius 1 is 1.32 bits per heavy atom. The van der Waals surface area contributed by atoms with E-state index < -0.39 is 0 Å². The molecular weight excluding hydrogens is 269 g/mol. The van der Waals surface area contributed by atoms with E-state index in [4.69, 9.17) is 4.65 Å². The molecule has 122 valence electrons. The molecule has 0 N–H and O–H groups in total. The molecule has 5 fully saturated rings. The monoisotopic (exact) mass is 301 g/mol. The molecule has 0 aromatic heterocycles. The number of likely N-dealkylation sites (tertiary alicyclic amines) is 1. The van der Waals surface area contributed by atoms with Crippen LogP contribution < -0.4 is 0 Å². The highest BCUT2D eigenvalue weighted by atomic mass is 16.5. The first-order valence-electron chi connectivity index (χ1n) is 9.47. The molecule has 0 spiro atoms. The van der Waals surface area contributed by atoms with Crippen LogP contribution in [0.3, 0.4) is 0 Å². The fraction of sp³-hybridized carbons (Fsp3) is 0.895. The van der Waals surface area contributed by atoms with E-state index in [0.717, 1.165) is 18.3 Å². The van der Waals surface area contributed by atoms with Crippen LogP contribution in [0.2, 0.25) is 6.32 Å². The summed E-state index contributed by atoms with van der Waals surface area (Å²) in [4.78, 5) is 2.57. The van der Waals surface area contributed by atoms with Crippen molar-refractivity contribution in [3.05, 3.63) is 12.3 Å². The van der Waals surface area contributed by atoms with Crippen molar-refractivity contribution in [3.8, 4) is 0 Å². The molecule has 0 aromatic rings. The number of nitrogens with zero attached hydrogens (tertiary/aromatic N) is 1. The van der Waals surface area contributed by atoms with Gasteiger partial charge in [-0.05, 0) is 61.1 Å². The zero-order chi connectivity index (χ0) is 15.7. The lowest BCUT2D eigenvalue weighted by molar-refractivity contribution is -0.180. The summed E-state index contributed by atoms with van der Waals surface area (Å²) in [6.07, 6.45) is 8.22. The Labute approximate surface area is 136 Å². The Morgan fingerprint density at radius 3 is 2.77 bits per heavy atom. The van der Waals surface area contributed by atoms with Crippen LogP contribution in [0.5, 0.6) is 0 Å². The summed E-state index contributed by atoms with van der Waals surface area (Å²) in [7, 11) is 0. The molecule has 2 aliphatic heterocycles. The molecule has 5 unspecified atom stereocenters. The van der Waals surface area contributed by atoms with Gasteiger partial charge in [0, 0.05) is 24.3 Å². The van der Waals surface area contributed by atoms with Crippen LogP contribution in [0.25, 0.3) is 0 Å². The second-order valence-electron chi connectivity index (χ2n) is 9.24. The molecule has 5 rings (SSSR count). The third-order valence-corrected chi connectivity index (χ3v) is 8.02. The molecule has 0 aromatic carbocycles. The molecule has 2 saturated heterocycles. The van der Waals surface area contributed by atoms with E-state index in [1.807, 2.05) is 0 Å². The molecule has 5 aliphatic rings. The summed E-state index contributed by atoms with van der Waals surface area (Å²) in [6.45, 7) is 15.7. The van der Waals surface area contributed by atoms with Crippen molar-refractivity contribution < 1.29 is 4.65 Å². The molecule has 3 heteroatoms. The third kappa shape index (κ3) is 1.84. The van der Waals surface area contributed by atoms with Gasteiger partial charge in [0.15, 0.2) is 0 Å². The maximum Gasteiger partial charge on any atom is 0.316 e. The highest BCUT2D eigenvalue weighted by molar-refractivity contribution is 6.55. The van der Waals surface area contributed by atoms with Gasteiger partial charge in [-0.2, -0.15) is 0 Å². The highest BCUT2D eigenvalue weighted by Gasteiger charge is 2.67. The molecule has 0 amide bonds. The van der Waals surface area contributed by atoms with E-state index in [1.54, 1.807) is 0 Å². The maximum atomic E-state index is 6.69. The minimum atomic E-state index is 0.421. The summed E-state index contributed by atoms with van der Waals surface area (Å²) >= 11 is 0. The maximum absolute atomic E-state index is 6.69. The number of hydrogen-bond donors (Lipinski definition) is 0. The Bertz CT molecular complexity index is 490. The molecular formula is C19H32BNO. The lowest BCUT2D eigenvalue weighted by Crippen LogP contribution is -2.60. The topological polar surface area (TPSA) is 12.5 Å². The van der Waals surface area contributed by atoms with Crippen molar-refractivity contribution in [2.24, 2.45) is 22.7 Å². The fourth-order valence-electron chi connectivity index (χ4n) is 6.47. The predicted molar refractivity (Wildman–Crippen MR) is 92.7 cm³/mol. The average Bonchev–Trinajstić information content (AvgIpc) is 3.08. The molecule has 3 aliphatic carbocycles. The molecule has 5 atom stereocenters. The van der Waals surface area contributed by atoms with Gasteiger partial charge in [-0.1, -0.05) is 34.3 Å². The van der Waals surface area contributed by atoms with Gasteiger partial charge in [0.1, 0.15) is 0 Å². The summed E-state index contributed by atoms with van der Waals surface area (Å²) in [5.74, 6) is 2.37. The fourth-order valence-corrected chi connectivity index (χ4v) is 6.47.